The van der Waals surface area contributed by atoms with Gasteiger partial charge in [-0.2, -0.15) is 0 Å². The van der Waals surface area contributed by atoms with Gasteiger partial charge in [-0.25, -0.2) is 0 Å². The Morgan fingerprint density at radius 3 is 1.72 bits per heavy atom. The highest BCUT2D eigenvalue weighted by Gasteiger charge is 2.36. The molecule has 0 aliphatic heterocycles. The Kier molecular flexibility index (Phi) is 11.0. The van der Waals surface area contributed by atoms with E-state index in [1.54, 1.807) is 71.9 Å². The van der Waals surface area contributed by atoms with Crippen LogP contribution in [-0.4, -0.2) is 47.5 Å². The van der Waals surface area contributed by atoms with E-state index in [1.165, 1.54) is 6.92 Å². The summed E-state index contributed by atoms with van der Waals surface area (Å²) < 4.78 is 0. The van der Waals surface area contributed by atoms with Gasteiger partial charge in [0.15, 0.2) is 0 Å². The maximum absolute atomic E-state index is 13.2. The van der Waals surface area contributed by atoms with E-state index in [0.717, 1.165) is 5.56 Å². The van der Waals surface area contributed by atoms with Crippen LogP contribution in [0.3, 0.4) is 0 Å². The molecular weight excluding hydrogens is 496 g/mol. The van der Waals surface area contributed by atoms with E-state index in [9.17, 15) is 24.0 Å². The van der Waals surface area contributed by atoms with Crippen molar-refractivity contribution in [1.82, 2.24) is 21.3 Å². The van der Waals surface area contributed by atoms with Crippen molar-refractivity contribution in [3.63, 3.8) is 0 Å². The van der Waals surface area contributed by atoms with Crippen LogP contribution in [0, 0.1) is 11.3 Å². The number of rotatable bonds is 11. The van der Waals surface area contributed by atoms with Gasteiger partial charge in [0, 0.05) is 5.56 Å². The summed E-state index contributed by atoms with van der Waals surface area (Å²) in [6, 6.07) is 14.3. The lowest BCUT2D eigenvalue weighted by atomic mass is 9.85. The van der Waals surface area contributed by atoms with Crippen LogP contribution in [0.4, 0.5) is 0 Å². The molecule has 0 heterocycles. The van der Waals surface area contributed by atoms with Crippen molar-refractivity contribution in [3.8, 4) is 0 Å². The van der Waals surface area contributed by atoms with Crippen molar-refractivity contribution < 1.29 is 24.0 Å². The smallest absolute Gasteiger partial charge is 0.290 e. The van der Waals surface area contributed by atoms with E-state index in [0.29, 0.717) is 5.56 Å². The summed E-state index contributed by atoms with van der Waals surface area (Å²) in [5.41, 5.74) is 0.589. The highest BCUT2D eigenvalue weighted by Crippen LogP contribution is 2.20. The van der Waals surface area contributed by atoms with E-state index >= 15 is 0 Å². The van der Waals surface area contributed by atoms with Crippen molar-refractivity contribution in [3.05, 3.63) is 71.8 Å². The molecule has 0 aliphatic carbocycles. The van der Waals surface area contributed by atoms with Crippen LogP contribution in [0.15, 0.2) is 60.7 Å². The van der Waals surface area contributed by atoms with Gasteiger partial charge in [0.1, 0.15) is 12.1 Å². The van der Waals surface area contributed by atoms with E-state index < -0.39 is 59.0 Å². The number of hydrogen-bond acceptors (Lipinski definition) is 5. The van der Waals surface area contributed by atoms with E-state index in [4.69, 9.17) is 0 Å². The molecule has 0 radical (unpaired) electrons. The molecule has 4 N–H and O–H groups in total. The third-order valence-electron chi connectivity index (χ3n) is 6.31. The molecule has 9 heteroatoms. The quantitative estimate of drug-likeness (QED) is 0.328. The van der Waals surface area contributed by atoms with Crippen molar-refractivity contribution in [2.45, 2.75) is 72.6 Å². The topological polar surface area (TPSA) is 133 Å². The second kappa shape index (κ2) is 13.7. The lowest BCUT2D eigenvalue weighted by Crippen LogP contribution is -2.59. The second-order valence-electron chi connectivity index (χ2n) is 11.1. The first-order chi connectivity index (χ1) is 18.2. The summed E-state index contributed by atoms with van der Waals surface area (Å²) in [4.78, 5) is 64.5. The van der Waals surface area contributed by atoms with E-state index in [-0.39, 0.29) is 5.92 Å². The lowest BCUT2D eigenvalue weighted by molar-refractivity contribution is -0.141. The monoisotopic (exact) mass is 536 g/mol. The summed E-state index contributed by atoms with van der Waals surface area (Å²) >= 11 is 0. The number of ketones is 1. The van der Waals surface area contributed by atoms with Crippen LogP contribution in [0.25, 0.3) is 0 Å². The van der Waals surface area contributed by atoms with Gasteiger partial charge in [0.2, 0.25) is 17.6 Å². The maximum Gasteiger partial charge on any atom is 0.290 e. The molecule has 0 saturated heterocycles. The second-order valence-corrected chi connectivity index (χ2v) is 11.1. The number of nitrogens with one attached hydrogen (secondary N) is 4. The van der Waals surface area contributed by atoms with Gasteiger partial charge in [-0.05, 0) is 42.9 Å². The Hall–Kier alpha value is -4.01. The number of benzene rings is 2. The minimum absolute atomic E-state index is 0.380. The molecule has 0 saturated carbocycles. The third kappa shape index (κ3) is 9.05. The maximum atomic E-state index is 13.2. The normalized spacial score (nSPS) is 14.4. The Balaban J connectivity index is 2.05. The predicted molar refractivity (Wildman–Crippen MR) is 150 cm³/mol. The van der Waals surface area contributed by atoms with E-state index in [2.05, 4.69) is 21.3 Å². The minimum atomic E-state index is -1.09. The molecule has 2 rings (SSSR count). The van der Waals surface area contributed by atoms with Gasteiger partial charge < -0.3 is 21.3 Å². The van der Waals surface area contributed by atoms with Crippen molar-refractivity contribution in [2.24, 2.45) is 11.3 Å². The molecule has 0 aliphatic rings. The molecule has 0 aromatic heterocycles. The lowest BCUT2D eigenvalue weighted by Gasteiger charge is -2.31. The molecule has 0 fully saturated rings. The zero-order valence-electron chi connectivity index (χ0n) is 23.7. The summed E-state index contributed by atoms with van der Waals surface area (Å²) in [5.74, 6) is -3.54. The largest absolute Gasteiger partial charge is 0.344 e. The SMILES string of the molecule is CC(C)[C@H](NC(=O)[C@H](C)NC(=O)[C@@H](NC(=O)c1ccccc1)C(C)(C)C)C(=O)C(=O)N[C@@H](C)c1ccccc1. The summed E-state index contributed by atoms with van der Waals surface area (Å²) in [7, 11) is 0. The molecule has 4 atom stereocenters. The van der Waals surface area contributed by atoms with Crippen LogP contribution < -0.4 is 21.3 Å². The molecule has 2 aromatic rings. The van der Waals surface area contributed by atoms with Crippen molar-refractivity contribution in [1.29, 1.82) is 0 Å². The first-order valence-electron chi connectivity index (χ1n) is 13.1. The van der Waals surface area contributed by atoms with Crippen LogP contribution in [0.5, 0.6) is 0 Å². The zero-order valence-corrected chi connectivity index (χ0v) is 23.7. The van der Waals surface area contributed by atoms with Gasteiger partial charge in [-0.15, -0.1) is 0 Å². The third-order valence-corrected chi connectivity index (χ3v) is 6.31. The zero-order chi connectivity index (χ0) is 29.3. The molecule has 0 bridgehead atoms. The van der Waals surface area contributed by atoms with Crippen molar-refractivity contribution in [2.75, 3.05) is 0 Å². The average molecular weight is 537 g/mol. The van der Waals surface area contributed by atoms with Gasteiger partial charge in [0.05, 0.1) is 12.1 Å². The van der Waals surface area contributed by atoms with Crippen LogP contribution in [0.1, 0.15) is 70.4 Å². The Morgan fingerprint density at radius 2 is 1.21 bits per heavy atom. The fourth-order valence-electron chi connectivity index (χ4n) is 3.89. The molecule has 39 heavy (non-hydrogen) atoms. The Bertz CT molecular complexity index is 1160. The number of carbonyl (C=O) groups is 5. The highest BCUT2D eigenvalue weighted by molar-refractivity contribution is 6.38. The van der Waals surface area contributed by atoms with E-state index in [1.807, 2.05) is 30.3 Å². The van der Waals surface area contributed by atoms with Gasteiger partial charge in [-0.3, -0.25) is 24.0 Å². The average Bonchev–Trinajstić information content (AvgIpc) is 2.89. The molecule has 9 nitrogen and oxygen atoms in total. The first-order valence-corrected chi connectivity index (χ1v) is 13.1. The number of carbonyl (C=O) groups excluding carboxylic acids is 5. The number of hydrogen-bond donors (Lipinski definition) is 4. The number of amides is 4. The standard InChI is InChI=1S/C30H40N4O5/c1-18(2)23(24(35)28(38)31-19(3)21-14-10-8-11-15-21)33-26(36)20(4)32-29(39)25(30(5,6)7)34-27(37)22-16-12-9-13-17-22/h8-20,23,25H,1-7H3,(H,31,38)(H,32,39)(H,33,36)(H,34,37)/t19-,20-,23-,25+/m0/s1. The van der Waals surface area contributed by atoms with Crippen LogP contribution >= 0.6 is 0 Å². The fraction of sp³-hybridized carbons (Fsp3) is 0.433. The van der Waals surface area contributed by atoms with Gasteiger partial charge in [-0.1, -0.05) is 83.1 Å². The molecule has 2 aromatic carbocycles. The highest BCUT2D eigenvalue weighted by atomic mass is 16.2. The Labute approximate surface area is 230 Å². The van der Waals surface area contributed by atoms with Gasteiger partial charge >= 0.3 is 0 Å². The predicted octanol–water partition coefficient (Wildman–Crippen LogP) is 2.92. The molecule has 4 amide bonds. The summed E-state index contributed by atoms with van der Waals surface area (Å²) in [6.07, 6.45) is 0. The van der Waals surface area contributed by atoms with Crippen LogP contribution in [-0.2, 0) is 19.2 Å². The van der Waals surface area contributed by atoms with Crippen molar-refractivity contribution >= 4 is 29.4 Å². The van der Waals surface area contributed by atoms with Crippen LogP contribution in [0.2, 0.25) is 0 Å². The molecule has 0 unspecified atom stereocenters. The molecule has 0 spiro atoms. The molecule has 210 valence electrons. The summed E-state index contributed by atoms with van der Waals surface area (Å²) in [6.45, 7) is 12.1. The first kappa shape index (κ1) is 31.2. The minimum Gasteiger partial charge on any atom is -0.344 e. The molecular formula is C30H40N4O5. The van der Waals surface area contributed by atoms with Gasteiger partial charge in [0.25, 0.3) is 11.8 Å². The summed E-state index contributed by atoms with van der Waals surface area (Å²) in [5, 5.41) is 10.7. The number of Topliss-reactive ketones (excluding diaryl/α,β-unsaturated/α-hetero) is 1. The fourth-order valence-corrected chi connectivity index (χ4v) is 3.89. The Morgan fingerprint density at radius 1 is 0.667 bits per heavy atom.